The van der Waals surface area contributed by atoms with Gasteiger partial charge < -0.3 is 5.32 Å². The monoisotopic (exact) mass is 460 g/mol. The first-order valence-corrected chi connectivity index (χ1v) is 10.3. The van der Waals surface area contributed by atoms with Crippen LogP contribution in [0.25, 0.3) is 28.3 Å². The molecule has 0 fully saturated rings. The number of benzene rings is 2. The van der Waals surface area contributed by atoms with E-state index in [1.807, 2.05) is 36.4 Å². The molecule has 0 atom stereocenters. The van der Waals surface area contributed by atoms with Crippen molar-refractivity contribution in [3.63, 3.8) is 0 Å². The standard InChI is InChI=1S/C23H14Cl2N6O/c24-16-3-6-18(19(25)13-16)23(32)27-17-4-1-14(2-5-17)20-7-8-21-28-29-22(31(21)30-20)15-9-11-26-12-10-15/h1-13H,(H,27,32). The number of hydrogen-bond acceptors (Lipinski definition) is 5. The highest BCUT2D eigenvalue weighted by Gasteiger charge is 2.13. The lowest BCUT2D eigenvalue weighted by Crippen LogP contribution is -2.12. The van der Waals surface area contributed by atoms with Crippen molar-refractivity contribution in [3.05, 3.63) is 94.7 Å². The van der Waals surface area contributed by atoms with Crippen molar-refractivity contribution in [2.75, 3.05) is 5.32 Å². The largest absolute Gasteiger partial charge is 0.322 e. The predicted molar refractivity (Wildman–Crippen MR) is 124 cm³/mol. The second-order valence-corrected chi connectivity index (χ2v) is 7.75. The first kappa shape index (κ1) is 20.1. The summed E-state index contributed by atoms with van der Waals surface area (Å²) in [5, 5.41) is 16.7. The van der Waals surface area contributed by atoms with Crippen LogP contribution >= 0.6 is 23.2 Å². The van der Waals surface area contributed by atoms with Gasteiger partial charge in [0.05, 0.1) is 16.3 Å². The molecule has 3 aromatic heterocycles. The van der Waals surface area contributed by atoms with Gasteiger partial charge in [-0.05, 0) is 54.6 Å². The van der Waals surface area contributed by atoms with Crippen LogP contribution in [0.2, 0.25) is 10.0 Å². The van der Waals surface area contributed by atoms with E-state index >= 15 is 0 Å². The van der Waals surface area contributed by atoms with E-state index in [2.05, 4.69) is 20.5 Å². The Bertz CT molecular complexity index is 1430. The number of carbonyl (C=O) groups excluding carboxylic acids is 1. The highest BCUT2D eigenvalue weighted by Crippen LogP contribution is 2.24. The number of amides is 1. The van der Waals surface area contributed by atoms with Crippen LogP contribution in [0.4, 0.5) is 5.69 Å². The fourth-order valence-corrected chi connectivity index (χ4v) is 3.71. The lowest BCUT2D eigenvalue weighted by atomic mass is 10.1. The zero-order valence-corrected chi connectivity index (χ0v) is 17.9. The Kier molecular flexibility index (Phi) is 5.26. The number of anilines is 1. The van der Waals surface area contributed by atoms with Gasteiger partial charge in [-0.15, -0.1) is 10.2 Å². The Morgan fingerprint density at radius 2 is 1.62 bits per heavy atom. The average molecular weight is 461 g/mol. The molecule has 0 aliphatic heterocycles. The van der Waals surface area contributed by atoms with Gasteiger partial charge in [-0.25, -0.2) is 0 Å². The first-order chi connectivity index (χ1) is 15.6. The van der Waals surface area contributed by atoms with Crippen LogP contribution in [0.15, 0.2) is 79.1 Å². The molecule has 32 heavy (non-hydrogen) atoms. The molecule has 156 valence electrons. The Morgan fingerprint density at radius 1 is 0.844 bits per heavy atom. The highest BCUT2D eigenvalue weighted by molar-refractivity contribution is 6.37. The van der Waals surface area contributed by atoms with Gasteiger partial charge in [-0.2, -0.15) is 9.61 Å². The second-order valence-electron chi connectivity index (χ2n) is 6.90. The molecule has 3 heterocycles. The van der Waals surface area contributed by atoms with Crippen molar-refractivity contribution in [1.82, 2.24) is 24.8 Å². The summed E-state index contributed by atoms with van der Waals surface area (Å²) in [4.78, 5) is 16.6. The van der Waals surface area contributed by atoms with Crippen molar-refractivity contribution in [2.24, 2.45) is 0 Å². The van der Waals surface area contributed by atoms with E-state index in [0.29, 0.717) is 32.8 Å². The van der Waals surface area contributed by atoms with Gasteiger partial charge >= 0.3 is 0 Å². The lowest BCUT2D eigenvalue weighted by Gasteiger charge is -2.08. The molecule has 5 aromatic rings. The maximum Gasteiger partial charge on any atom is 0.257 e. The SMILES string of the molecule is O=C(Nc1ccc(-c2ccc3nnc(-c4ccncc4)n3n2)cc1)c1ccc(Cl)cc1Cl. The van der Waals surface area contributed by atoms with E-state index < -0.39 is 0 Å². The molecule has 7 nitrogen and oxygen atoms in total. The topological polar surface area (TPSA) is 85.1 Å². The fraction of sp³-hybridized carbons (Fsp3) is 0. The summed E-state index contributed by atoms with van der Waals surface area (Å²) in [7, 11) is 0. The summed E-state index contributed by atoms with van der Waals surface area (Å²) in [5.41, 5.74) is 4.12. The quantitative estimate of drug-likeness (QED) is 0.387. The number of fused-ring (bicyclic) bond motifs is 1. The van der Waals surface area contributed by atoms with Crippen molar-refractivity contribution in [2.45, 2.75) is 0 Å². The molecule has 0 saturated carbocycles. The Balaban J connectivity index is 1.41. The number of nitrogens with zero attached hydrogens (tertiary/aromatic N) is 5. The molecular weight excluding hydrogens is 447 g/mol. The first-order valence-electron chi connectivity index (χ1n) is 9.58. The Hall–Kier alpha value is -3.81. The number of carbonyl (C=O) groups is 1. The number of rotatable bonds is 4. The smallest absolute Gasteiger partial charge is 0.257 e. The van der Waals surface area contributed by atoms with Crippen LogP contribution in [-0.4, -0.2) is 30.7 Å². The summed E-state index contributed by atoms with van der Waals surface area (Å²) in [5.74, 6) is 0.318. The molecule has 1 N–H and O–H groups in total. The van der Waals surface area contributed by atoms with Crippen molar-refractivity contribution >= 4 is 40.4 Å². The van der Waals surface area contributed by atoms with Crippen LogP contribution in [0.1, 0.15) is 10.4 Å². The normalized spacial score (nSPS) is 10.9. The zero-order chi connectivity index (χ0) is 22.1. The van der Waals surface area contributed by atoms with E-state index in [0.717, 1.165) is 16.8 Å². The number of aromatic nitrogens is 5. The van der Waals surface area contributed by atoms with E-state index in [1.54, 1.807) is 41.2 Å². The van der Waals surface area contributed by atoms with Crippen LogP contribution < -0.4 is 5.32 Å². The Labute approximate surface area is 192 Å². The van der Waals surface area contributed by atoms with Crippen LogP contribution in [-0.2, 0) is 0 Å². The number of halogens is 2. The molecule has 0 aliphatic carbocycles. The predicted octanol–water partition coefficient (Wildman–Crippen LogP) is 5.41. The summed E-state index contributed by atoms with van der Waals surface area (Å²) in [6.07, 6.45) is 3.40. The molecule has 1 amide bonds. The minimum atomic E-state index is -0.314. The molecule has 0 spiro atoms. The van der Waals surface area contributed by atoms with Gasteiger partial charge in [-0.1, -0.05) is 35.3 Å². The maximum atomic E-state index is 12.5. The fourth-order valence-electron chi connectivity index (χ4n) is 3.22. The van der Waals surface area contributed by atoms with Crippen molar-refractivity contribution in [3.8, 4) is 22.6 Å². The van der Waals surface area contributed by atoms with Gasteiger partial charge in [-0.3, -0.25) is 9.78 Å². The second kappa shape index (κ2) is 8.37. The third kappa shape index (κ3) is 3.91. The molecule has 0 aliphatic rings. The number of hydrogen-bond donors (Lipinski definition) is 1. The molecule has 9 heteroatoms. The molecule has 2 aromatic carbocycles. The van der Waals surface area contributed by atoms with E-state index in [4.69, 9.17) is 28.3 Å². The van der Waals surface area contributed by atoms with Crippen LogP contribution in [0.5, 0.6) is 0 Å². The molecule has 0 bridgehead atoms. The molecule has 5 rings (SSSR count). The third-order valence-electron chi connectivity index (χ3n) is 4.82. The number of nitrogens with one attached hydrogen (secondary N) is 1. The lowest BCUT2D eigenvalue weighted by molar-refractivity contribution is 0.102. The van der Waals surface area contributed by atoms with Crippen LogP contribution in [0.3, 0.4) is 0 Å². The highest BCUT2D eigenvalue weighted by atomic mass is 35.5. The van der Waals surface area contributed by atoms with Gasteiger partial charge in [0.25, 0.3) is 5.91 Å². The van der Waals surface area contributed by atoms with Gasteiger partial charge in [0.2, 0.25) is 0 Å². The van der Waals surface area contributed by atoms with Gasteiger partial charge in [0, 0.05) is 34.2 Å². The van der Waals surface area contributed by atoms with Crippen molar-refractivity contribution < 1.29 is 4.79 Å². The average Bonchev–Trinajstić information content (AvgIpc) is 3.23. The molecule has 0 saturated heterocycles. The minimum Gasteiger partial charge on any atom is -0.322 e. The third-order valence-corrected chi connectivity index (χ3v) is 5.36. The molecule has 0 radical (unpaired) electrons. The molecular formula is C23H14Cl2N6O. The summed E-state index contributed by atoms with van der Waals surface area (Å²) in [6.45, 7) is 0. The van der Waals surface area contributed by atoms with Crippen LogP contribution in [0, 0.1) is 0 Å². The Morgan fingerprint density at radius 3 is 2.38 bits per heavy atom. The summed E-state index contributed by atoms with van der Waals surface area (Å²) >= 11 is 12.0. The van der Waals surface area contributed by atoms with Gasteiger partial charge in [0.1, 0.15) is 0 Å². The maximum absolute atomic E-state index is 12.5. The summed E-state index contributed by atoms with van der Waals surface area (Å²) < 4.78 is 1.70. The van der Waals surface area contributed by atoms with E-state index in [-0.39, 0.29) is 5.91 Å². The van der Waals surface area contributed by atoms with Gasteiger partial charge in [0.15, 0.2) is 11.5 Å². The minimum absolute atomic E-state index is 0.295. The zero-order valence-electron chi connectivity index (χ0n) is 16.4. The van der Waals surface area contributed by atoms with Crippen molar-refractivity contribution in [1.29, 1.82) is 0 Å². The number of pyridine rings is 1. The van der Waals surface area contributed by atoms with E-state index in [9.17, 15) is 4.79 Å². The molecule has 0 unspecified atom stereocenters. The van der Waals surface area contributed by atoms with E-state index in [1.165, 1.54) is 6.07 Å². The summed E-state index contributed by atoms with van der Waals surface area (Å²) in [6, 6.07) is 19.6.